The van der Waals surface area contributed by atoms with E-state index in [1.165, 1.54) is 6.07 Å². The van der Waals surface area contributed by atoms with Crippen molar-refractivity contribution in [3.63, 3.8) is 0 Å². The molecular weight excluding hydrogens is 217 g/mol. The van der Waals surface area contributed by atoms with Crippen LogP contribution >= 0.6 is 0 Å². The average Bonchev–Trinajstić information content (AvgIpc) is 2.78. The Kier molecular flexibility index (Phi) is 3.47. The van der Waals surface area contributed by atoms with Gasteiger partial charge in [0, 0.05) is 6.42 Å². The maximum Gasteiger partial charge on any atom is 0.146 e. The first kappa shape index (κ1) is 11.7. The Hall–Kier alpha value is -1.77. The fourth-order valence-corrected chi connectivity index (χ4v) is 1.66. The van der Waals surface area contributed by atoms with Gasteiger partial charge >= 0.3 is 0 Å². The van der Waals surface area contributed by atoms with Crippen molar-refractivity contribution in [2.45, 2.75) is 26.8 Å². The molecule has 3 heteroatoms. The van der Waals surface area contributed by atoms with Crippen LogP contribution in [0.3, 0.4) is 0 Å². The van der Waals surface area contributed by atoms with Crippen LogP contribution in [-0.4, -0.2) is 0 Å². The first-order valence-electron chi connectivity index (χ1n) is 5.76. The standard InChI is InChI=1S/C14H16FNO/c1-3-11-5-6-12(17-11)9-16-14-8-10(2)4-7-13(14)15/h4-8,16H,3,9H2,1-2H3. The minimum absolute atomic E-state index is 0.238. The van der Waals surface area contributed by atoms with Gasteiger partial charge in [0.15, 0.2) is 0 Å². The van der Waals surface area contributed by atoms with Crippen LogP contribution in [0.4, 0.5) is 10.1 Å². The molecule has 0 aliphatic rings. The van der Waals surface area contributed by atoms with Crippen molar-refractivity contribution < 1.29 is 8.81 Å². The molecule has 0 unspecified atom stereocenters. The highest BCUT2D eigenvalue weighted by atomic mass is 19.1. The third-order valence-electron chi connectivity index (χ3n) is 2.64. The molecule has 1 N–H and O–H groups in total. The van der Waals surface area contributed by atoms with Gasteiger partial charge in [-0.1, -0.05) is 13.0 Å². The molecule has 1 heterocycles. The molecule has 2 rings (SSSR count). The van der Waals surface area contributed by atoms with Gasteiger partial charge < -0.3 is 9.73 Å². The summed E-state index contributed by atoms with van der Waals surface area (Å²) in [5.41, 5.74) is 1.54. The van der Waals surface area contributed by atoms with Crippen LogP contribution in [0.1, 0.15) is 24.0 Å². The maximum absolute atomic E-state index is 13.5. The zero-order chi connectivity index (χ0) is 12.3. The lowest BCUT2D eigenvalue weighted by Gasteiger charge is -2.06. The summed E-state index contributed by atoms with van der Waals surface area (Å²) in [6, 6.07) is 8.88. The Bertz CT molecular complexity index is 505. The maximum atomic E-state index is 13.5. The second-order valence-corrected chi connectivity index (χ2v) is 4.06. The van der Waals surface area contributed by atoms with Crippen molar-refractivity contribution in [3.8, 4) is 0 Å². The van der Waals surface area contributed by atoms with Crippen molar-refractivity contribution in [1.29, 1.82) is 0 Å². The summed E-state index contributed by atoms with van der Waals surface area (Å²) >= 11 is 0. The lowest BCUT2D eigenvalue weighted by atomic mass is 10.2. The van der Waals surface area contributed by atoms with Gasteiger partial charge in [-0.3, -0.25) is 0 Å². The molecule has 0 aliphatic carbocycles. The first-order valence-corrected chi connectivity index (χ1v) is 5.76. The van der Waals surface area contributed by atoms with E-state index in [4.69, 9.17) is 4.42 Å². The van der Waals surface area contributed by atoms with Crippen molar-refractivity contribution in [2.75, 3.05) is 5.32 Å². The van der Waals surface area contributed by atoms with E-state index >= 15 is 0 Å². The molecule has 2 aromatic rings. The number of benzene rings is 1. The number of aryl methyl sites for hydroxylation is 2. The van der Waals surface area contributed by atoms with E-state index in [0.29, 0.717) is 12.2 Å². The summed E-state index contributed by atoms with van der Waals surface area (Å²) in [5.74, 6) is 1.53. The van der Waals surface area contributed by atoms with E-state index in [2.05, 4.69) is 5.32 Å². The lowest BCUT2D eigenvalue weighted by Crippen LogP contribution is -2.00. The van der Waals surface area contributed by atoms with Gasteiger partial charge in [-0.2, -0.15) is 0 Å². The number of rotatable bonds is 4. The molecule has 0 saturated carbocycles. The SMILES string of the molecule is CCc1ccc(CNc2cc(C)ccc2F)o1. The number of furan rings is 1. The number of hydrogen-bond donors (Lipinski definition) is 1. The first-order chi connectivity index (χ1) is 8.19. The highest BCUT2D eigenvalue weighted by Gasteiger charge is 2.04. The van der Waals surface area contributed by atoms with Gasteiger partial charge in [0.05, 0.1) is 12.2 Å². The summed E-state index contributed by atoms with van der Waals surface area (Å²) in [7, 11) is 0. The van der Waals surface area contributed by atoms with Crippen LogP contribution in [0.5, 0.6) is 0 Å². The molecule has 0 spiro atoms. The van der Waals surface area contributed by atoms with Gasteiger partial charge in [-0.25, -0.2) is 4.39 Å². The molecular formula is C14H16FNO. The van der Waals surface area contributed by atoms with E-state index in [9.17, 15) is 4.39 Å². The van der Waals surface area contributed by atoms with Crippen LogP contribution in [0, 0.1) is 12.7 Å². The number of hydrogen-bond acceptors (Lipinski definition) is 2. The highest BCUT2D eigenvalue weighted by Crippen LogP contribution is 2.17. The Morgan fingerprint density at radius 2 is 1.94 bits per heavy atom. The number of halogens is 1. The van der Waals surface area contributed by atoms with Crippen molar-refractivity contribution in [2.24, 2.45) is 0 Å². The molecule has 90 valence electrons. The van der Waals surface area contributed by atoms with E-state index in [1.54, 1.807) is 12.1 Å². The molecule has 0 saturated heterocycles. The Labute approximate surface area is 100 Å². The minimum Gasteiger partial charge on any atom is -0.464 e. The Balaban J connectivity index is 2.04. The van der Waals surface area contributed by atoms with Gasteiger partial charge in [-0.05, 0) is 36.8 Å². The van der Waals surface area contributed by atoms with Gasteiger partial charge in [0.1, 0.15) is 17.3 Å². The largest absolute Gasteiger partial charge is 0.464 e. The van der Waals surface area contributed by atoms with Crippen molar-refractivity contribution in [3.05, 3.63) is 53.2 Å². The van der Waals surface area contributed by atoms with Gasteiger partial charge in [0.25, 0.3) is 0 Å². The molecule has 1 aromatic carbocycles. The molecule has 0 aliphatic heterocycles. The molecule has 0 bridgehead atoms. The fourth-order valence-electron chi connectivity index (χ4n) is 1.66. The van der Waals surface area contributed by atoms with Crippen LogP contribution in [0.2, 0.25) is 0 Å². The van der Waals surface area contributed by atoms with Crippen LogP contribution in [0.25, 0.3) is 0 Å². The monoisotopic (exact) mass is 233 g/mol. The summed E-state index contributed by atoms with van der Waals surface area (Å²) in [6.07, 6.45) is 0.874. The van der Waals surface area contributed by atoms with Crippen molar-refractivity contribution in [1.82, 2.24) is 0 Å². The van der Waals surface area contributed by atoms with E-state index in [-0.39, 0.29) is 5.82 Å². The topological polar surface area (TPSA) is 25.2 Å². The number of nitrogens with one attached hydrogen (secondary N) is 1. The van der Waals surface area contributed by atoms with Gasteiger partial charge in [0.2, 0.25) is 0 Å². The molecule has 0 radical (unpaired) electrons. The third-order valence-corrected chi connectivity index (χ3v) is 2.64. The zero-order valence-corrected chi connectivity index (χ0v) is 10.1. The predicted octanol–water partition coefficient (Wildman–Crippen LogP) is 3.90. The number of anilines is 1. The predicted molar refractivity (Wildman–Crippen MR) is 66.5 cm³/mol. The second-order valence-electron chi connectivity index (χ2n) is 4.06. The lowest BCUT2D eigenvalue weighted by molar-refractivity contribution is 0.475. The molecule has 17 heavy (non-hydrogen) atoms. The summed E-state index contributed by atoms with van der Waals surface area (Å²) in [4.78, 5) is 0. The second kappa shape index (κ2) is 5.04. The highest BCUT2D eigenvalue weighted by molar-refractivity contribution is 5.47. The molecule has 0 atom stereocenters. The Morgan fingerprint density at radius 3 is 2.65 bits per heavy atom. The molecule has 0 amide bonds. The van der Waals surface area contributed by atoms with E-state index < -0.39 is 0 Å². The fraction of sp³-hybridized carbons (Fsp3) is 0.286. The summed E-state index contributed by atoms with van der Waals surface area (Å²) in [5, 5.41) is 3.04. The quantitative estimate of drug-likeness (QED) is 0.866. The molecule has 0 fully saturated rings. The zero-order valence-electron chi connectivity index (χ0n) is 10.1. The Morgan fingerprint density at radius 1 is 1.18 bits per heavy atom. The van der Waals surface area contributed by atoms with E-state index in [0.717, 1.165) is 23.5 Å². The van der Waals surface area contributed by atoms with Crippen LogP contribution in [0.15, 0.2) is 34.7 Å². The van der Waals surface area contributed by atoms with Crippen molar-refractivity contribution >= 4 is 5.69 Å². The summed E-state index contributed by atoms with van der Waals surface area (Å²) < 4.78 is 19.0. The van der Waals surface area contributed by atoms with Crippen LogP contribution in [-0.2, 0) is 13.0 Å². The molecule has 2 nitrogen and oxygen atoms in total. The third kappa shape index (κ3) is 2.87. The minimum atomic E-state index is -0.238. The van der Waals surface area contributed by atoms with Gasteiger partial charge in [-0.15, -0.1) is 0 Å². The molecule has 1 aromatic heterocycles. The van der Waals surface area contributed by atoms with E-state index in [1.807, 2.05) is 26.0 Å². The average molecular weight is 233 g/mol. The van der Waals surface area contributed by atoms with Crippen LogP contribution < -0.4 is 5.32 Å². The normalized spacial score (nSPS) is 10.5. The smallest absolute Gasteiger partial charge is 0.146 e. The summed E-state index contributed by atoms with van der Waals surface area (Å²) in [6.45, 7) is 4.48.